The van der Waals surface area contributed by atoms with Gasteiger partial charge in [0, 0.05) is 12.6 Å². The molecule has 0 heterocycles. The summed E-state index contributed by atoms with van der Waals surface area (Å²) in [6.45, 7) is 4.23. The second kappa shape index (κ2) is 8.07. The number of carbonyl (C=O) groups excluding carboxylic acids is 1. The van der Waals surface area contributed by atoms with Crippen molar-refractivity contribution in [3.05, 3.63) is 35.4 Å². The van der Waals surface area contributed by atoms with Crippen LogP contribution in [0.15, 0.2) is 18.2 Å². The number of hydrogen-bond donors (Lipinski definition) is 1. The monoisotopic (exact) mass is 285 g/mol. The molecule has 3 nitrogen and oxygen atoms in total. The lowest BCUT2D eigenvalue weighted by Crippen LogP contribution is -2.40. The van der Waals surface area contributed by atoms with Crippen LogP contribution in [-0.4, -0.2) is 41.5 Å². The third-order valence-corrected chi connectivity index (χ3v) is 3.42. The predicted molar refractivity (Wildman–Crippen MR) is 73.7 cm³/mol. The minimum atomic E-state index is -0.718. The van der Waals surface area contributed by atoms with Gasteiger partial charge in [-0.15, -0.1) is 0 Å². The third kappa shape index (κ3) is 4.35. The summed E-state index contributed by atoms with van der Waals surface area (Å²) in [5.74, 6) is -1.82. The fraction of sp³-hybridized carbons (Fsp3) is 0.533. The Bertz CT molecular complexity index is 447. The number of carbonyl (C=O) groups is 1. The van der Waals surface area contributed by atoms with Crippen molar-refractivity contribution in [2.24, 2.45) is 0 Å². The van der Waals surface area contributed by atoms with Crippen LogP contribution < -0.4 is 0 Å². The molecule has 5 heteroatoms. The van der Waals surface area contributed by atoms with E-state index in [0.29, 0.717) is 6.54 Å². The Morgan fingerprint density at radius 1 is 1.30 bits per heavy atom. The summed E-state index contributed by atoms with van der Waals surface area (Å²) in [6, 6.07) is 3.00. The van der Waals surface area contributed by atoms with Gasteiger partial charge in [0.2, 0.25) is 0 Å². The molecule has 1 aromatic carbocycles. The van der Waals surface area contributed by atoms with Crippen LogP contribution in [0.3, 0.4) is 0 Å². The van der Waals surface area contributed by atoms with Gasteiger partial charge in [-0.05, 0) is 31.0 Å². The van der Waals surface area contributed by atoms with Crippen LogP contribution in [0.2, 0.25) is 0 Å². The second-order valence-corrected chi connectivity index (χ2v) is 4.71. The highest BCUT2D eigenvalue weighted by Gasteiger charge is 2.20. The number of aliphatic hydroxyl groups excluding tert-OH is 1. The zero-order valence-corrected chi connectivity index (χ0v) is 11.9. The minimum absolute atomic E-state index is 0.0206. The molecule has 0 aliphatic carbocycles. The number of aliphatic hydroxyl groups is 1. The summed E-state index contributed by atoms with van der Waals surface area (Å²) >= 11 is 0. The Kier molecular flexibility index (Phi) is 6.75. The van der Waals surface area contributed by atoms with Crippen molar-refractivity contribution >= 4 is 5.78 Å². The first-order valence-electron chi connectivity index (χ1n) is 6.86. The molecule has 0 fully saturated rings. The van der Waals surface area contributed by atoms with Gasteiger partial charge in [0.05, 0.1) is 18.7 Å². The average Bonchev–Trinajstić information content (AvgIpc) is 2.43. The van der Waals surface area contributed by atoms with E-state index in [1.54, 1.807) is 0 Å². The molecule has 0 unspecified atom stereocenters. The molecule has 0 radical (unpaired) electrons. The number of Topliss-reactive ketones (excluding diaryl/α,β-unsaturated/α-hetero) is 1. The van der Waals surface area contributed by atoms with Gasteiger partial charge in [0.1, 0.15) is 11.6 Å². The number of nitrogens with zero attached hydrogens (tertiary/aromatic N) is 1. The summed E-state index contributed by atoms with van der Waals surface area (Å²) in [7, 11) is 0. The van der Waals surface area contributed by atoms with Gasteiger partial charge in [-0.1, -0.05) is 13.8 Å². The highest BCUT2D eigenvalue weighted by Crippen LogP contribution is 2.14. The first-order valence-corrected chi connectivity index (χ1v) is 6.86. The lowest BCUT2D eigenvalue weighted by Gasteiger charge is -2.29. The zero-order valence-electron chi connectivity index (χ0n) is 11.9. The van der Waals surface area contributed by atoms with Crippen LogP contribution in [0, 0.1) is 11.6 Å². The molecule has 0 amide bonds. The molecule has 1 aromatic rings. The maximum Gasteiger partial charge on any atom is 0.179 e. The van der Waals surface area contributed by atoms with Crippen LogP contribution in [-0.2, 0) is 0 Å². The van der Waals surface area contributed by atoms with Gasteiger partial charge in [-0.2, -0.15) is 0 Å². The van der Waals surface area contributed by atoms with Crippen molar-refractivity contribution in [3.8, 4) is 0 Å². The molecule has 1 rings (SSSR count). The van der Waals surface area contributed by atoms with Crippen LogP contribution in [0.25, 0.3) is 0 Å². The van der Waals surface area contributed by atoms with Gasteiger partial charge in [0.25, 0.3) is 0 Å². The van der Waals surface area contributed by atoms with Crippen molar-refractivity contribution < 1.29 is 18.7 Å². The summed E-state index contributed by atoms with van der Waals surface area (Å²) < 4.78 is 26.7. The van der Waals surface area contributed by atoms with Crippen molar-refractivity contribution in [1.29, 1.82) is 0 Å². The maximum atomic E-state index is 13.6. The average molecular weight is 285 g/mol. The van der Waals surface area contributed by atoms with E-state index in [4.69, 9.17) is 5.11 Å². The number of ketones is 1. The molecule has 0 aromatic heterocycles. The largest absolute Gasteiger partial charge is 0.395 e. The van der Waals surface area contributed by atoms with Crippen molar-refractivity contribution in [3.63, 3.8) is 0 Å². The van der Waals surface area contributed by atoms with Crippen LogP contribution >= 0.6 is 0 Å². The molecule has 0 saturated heterocycles. The summed E-state index contributed by atoms with van der Waals surface area (Å²) in [5.41, 5.74) is -0.237. The molecule has 0 spiro atoms. The Hall–Kier alpha value is -1.33. The first-order chi connectivity index (χ1) is 9.53. The van der Waals surface area contributed by atoms with Gasteiger partial charge >= 0.3 is 0 Å². The topological polar surface area (TPSA) is 40.5 Å². The van der Waals surface area contributed by atoms with E-state index in [-0.39, 0.29) is 24.8 Å². The molecule has 20 heavy (non-hydrogen) atoms. The predicted octanol–water partition coefficient (Wildman–Crippen LogP) is 2.63. The van der Waals surface area contributed by atoms with Gasteiger partial charge in [-0.3, -0.25) is 9.69 Å². The van der Waals surface area contributed by atoms with E-state index >= 15 is 0 Å². The molecule has 0 atom stereocenters. The molecule has 1 N–H and O–H groups in total. The Morgan fingerprint density at radius 3 is 2.50 bits per heavy atom. The van der Waals surface area contributed by atoms with E-state index in [9.17, 15) is 13.6 Å². The molecule has 112 valence electrons. The van der Waals surface area contributed by atoms with Gasteiger partial charge < -0.3 is 5.11 Å². The van der Waals surface area contributed by atoms with Gasteiger partial charge in [-0.25, -0.2) is 8.78 Å². The summed E-state index contributed by atoms with van der Waals surface area (Å²) in [6.07, 6.45) is 1.66. The third-order valence-electron chi connectivity index (χ3n) is 3.42. The van der Waals surface area contributed by atoms with Crippen molar-refractivity contribution in [2.75, 3.05) is 19.7 Å². The fourth-order valence-corrected chi connectivity index (χ4v) is 2.31. The van der Waals surface area contributed by atoms with E-state index < -0.39 is 17.4 Å². The molecule has 0 aliphatic heterocycles. The smallest absolute Gasteiger partial charge is 0.179 e. The quantitative estimate of drug-likeness (QED) is 0.746. The number of benzene rings is 1. The number of rotatable bonds is 8. The highest BCUT2D eigenvalue weighted by atomic mass is 19.1. The summed E-state index contributed by atoms with van der Waals surface area (Å²) in [5, 5.41) is 9.07. The molecule has 0 saturated carbocycles. The van der Waals surface area contributed by atoms with Crippen LogP contribution in [0.1, 0.15) is 37.0 Å². The molecule has 0 bridgehead atoms. The van der Waals surface area contributed by atoms with E-state index in [1.165, 1.54) is 0 Å². The minimum Gasteiger partial charge on any atom is -0.395 e. The summed E-state index contributed by atoms with van der Waals surface area (Å²) in [4.78, 5) is 13.9. The lowest BCUT2D eigenvalue weighted by molar-refractivity contribution is 0.0846. The van der Waals surface area contributed by atoms with Crippen LogP contribution in [0.5, 0.6) is 0 Å². The molecular formula is C15H21F2NO2. The lowest BCUT2D eigenvalue weighted by atomic mass is 10.1. The van der Waals surface area contributed by atoms with E-state index in [2.05, 4.69) is 0 Å². The standard InChI is InChI=1S/C15H21F2NO2/c1-3-12(4-2)18(7-8-19)10-15(20)13-9-11(16)5-6-14(13)17/h5-6,9,12,19H,3-4,7-8,10H2,1-2H3. The molecular weight excluding hydrogens is 264 g/mol. The van der Waals surface area contributed by atoms with E-state index in [1.807, 2.05) is 18.7 Å². The molecule has 0 aliphatic rings. The SMILES string of the molecule is CCC(CC)N(CCO)CC(=O)c1cc(F)ccc1F. The Labute approximate surface area is 118 Å². The van der Waals surface area contributed by atoms with Crippen molar-refractivity contribution in [1.82, 2.24) is 4.90 Å². The maximum absolute atomic E-state index is 13.6. The highest BCUT2D eigenvalue weighted by molar-refractivity contribution is 5.97. The number of hydrogen-bond acceptors (Lipinski definition) is 3. The van der Waals surface area contributed by atoms with Gasteiger partial charge in [0.15, 0.2) is 5.78 Å². The Balaban J connectivity index is 2.87. The zero-order chi connectivity index (χ0) is 15.1. The van der Waals surface area contributed by atoms with E-state index in [0.717, 1.165) is 31.0 Å². The Morgan fingerprint density at radius 2 is 1.95 bits per heavy atom. The number of halogens is 2. The van der Waals surface area contributed by atoms with Crippen LogP contribution in [0.4, 0.5) is 8.78 Å². The second-order valence-electron chi connectivity index (χ2n) is 4.71. The normalized spacial score (nSPS) is 11.3. The fourth-order valence-electron chi connectivity index (χ4n) is 2.31. The van der Waals surface area contributed by atoms with Crippen molar-refractivity contribution in [2.45, 2.75) is 32.7 Å². The first kappa shape index (κ1) is 16.7.